The van der Waals surface area contributed by atoms with E-state index in [1.54, 1.807) is 31.4 Å². The molecule has 1 aromatic heterocycles. The van der Waals surface area contributed by atoms with Crippen LogP contribution in [0.3, 0.4) is 0 Å². The lowest BCUT2D eigenvalue weighted by Gasteiger charge is -2.12. The first-order valence-corrected chi connectivity index (χ1v) is 6.92. The molecule has 1 amide bonds. The second-order valence-electron chi connectivity index (χ2n) is 4.67. The predicted octanol–water partition coefficient (Wildman–Crippen LogP) is 1.66. The average Bonchev–Trinajstić information content (AvgIpc) is 2.56. The summed E-state index contributed by atoms with van der Waals surface area (Å²) in [5, 5.41) is 6.36. The van der Waals surface area contributed by atoms with Crippen molar-refractivity contribution in [2.45, 2.75) is 13.1 Å². The Balaban J connectivity index is 0.00000264. The monoisotopic (exact) mass is 425 g/mol. The van der Waals surface area contributed by atoms with E-state index in [-0.39, 0.29) is 24.0 Å². The van der Waals surface area contributed by atoms with E-state index in [0.29, 0.717) is 24.6 Å². The molecule has 0 unspecified atom stereocenters. The predicted molar refractivity (Wildman–Crippen MR) is 102 cm³/mol. The first-order chi connectivity index (χ1) is 10.7. The summed E-state index contributed by atoms with van der Waals surface area (Å²) >= 11 is 0. The number of nitrogens with two attached hydrogens (primary N) is 1. The minimum Gasteiger partial charge on any atom is -0.366 e. The van der Waals surface area contributed by atoms with Crippen LogP contribution in [-0.2, 0) is 13.1 Å². The molecule has 2 aromatic rings. The minimum absolute atomic E-state index is 0. The molecule has 0 aliphatic heterocycles. The van der Waals surface area contributed by atoms with Gasteiger partial charge in [-0.15, -0.1) is 24.0 Å². The maximum atomic E-state index is 11.2. The van der Waals surface area contributed by atoms with E-state index in [9.17, 15) is 4.79 Å². The molecule has 0 bridgehead atoms. The van der Waals surface area contributed by atoms with Gasteiger partial charge in [0, 0.05) is 25.4 Å². The molecule has 2 rings (SSSR count). The molecule has 0 radical (unpaired) electrons. The fourth-order valence-electron chi connectivity index (χ4n) is 1.92. The van der Waals surface area contributed by atoms with Gasteiger partial charge in [-0.05, 0) is 29.8 Å². The Kier molecular flexibility index (Phi) is 8.03. The third-order valence-electron chi connectivity index (χ3n) is 3.06. The van der Waals surface area contributed by atoms with Gasteiger partial charge in [-0.1, -0.05) is 18.2 Å². The summed E-state index contributed by atoms with van der Waals surface area (Å²) in [7, 11) is 1.70. The summed E-state index contributed by atoms with van der Waals surface area (Å²) in [5.41, 5.74) is 7.66. The summed E-state index contributed by atoms with van der Waals surface area (Å²) in [6.45, 7) is 1.13. The van der Waals surface area contributed by atoms with E-state index in [1.807, 2.05) is 24.3 Å². The molecule has 4 N–H and O–H groups in total. The molecule has 0 aliphatic carbocycles. The van der Waals surface area contributed by atoms with Gasteiger partial charge < -0.3 is 16.4 Å². The Labute approximate surface area is 152 Å². The molecule has 1 heterocycles. The number of pyridine rings is 1. The van der Waals surface area contributed by atoms with E-state index < -0.39 is 5.91 Å². The summed E-state index contributed by atoms with van der Waals surface area (Å²) in [5.74, 6) is 0.231. The number of benzene rings is 1. The molecule has 0 fully saturated rings. The highest BCUT2D eigenvalue weighted by molar-refractivity contribution is 14.0. The zero-order valence-corrected chi connectivity index (χ0v) is 15.2. The number of hydrogen-bond acceptors (Lipinski definition) is 3. The molecule has 122 valence electrons. The Morgan fingerprint density at radius 2 is 1.96 bits per heavy atom. The zero-order valence-electron chi connectivity index (χ0n) is 12.8. The van der Waals surface area contributed by atoms with Crippen LogP contribution in [0.5, 0.6) is 0 Å². The largest absolute Gasteiger partial charge is 0.366 e. The van der Waals surface area contributed by atoms with Crippen LogP contribution >= 0.6 is 24.0 Å². The van der Waals surface area contributed by atoms with Crippen LogP contribution in [0.4, 0.5) is 0 Å². The topological polar surface area (TPSA) is 92.4 Å². The fraction of sp³-hybridized carbons (Fsp3) is 0.188. The average molecular weight is 425 g/mol. The third-order valence-corrected chi connectivity index (χ3v) is 3.06. The van der Waals surface area contributed by atoms with Crippen LogP contribution in [0.2, 0.25) is 0 Å². The summed E-state index contributed by atoms with van der Waals surface area (Å²) in [4.78, 5) is 19.6. The number of aliphatic imine (C=N–C) groups is 1. The lowest BCUT2D eigenvalue weighted by atomic mass is 10.1. The van der Waals surface area contributed by atoms with Crippen molar-refractivity contribution in [2.24, 2.45) is 10.7 Å². The number of aromatic nitrogens is 1. The van der Waals surface area contributed by atoms with Gasteiger partial charge in [0.2, 0.25) is 5.91 Å². The van der Waals surface area contributed by atoms with E-state index in [2.05, 4.69) is 20.6 Å². The Hall–Kier alpha value is -2.16. The summed E-state index contributed by atoms with van der Waals surface area (Å²) in [6, 6.07) is 12.9. The molecule has 23 heavy (non-hydrogen) atoms. The van der Waals surface area contributed by atoms with Gasteiger partial charge in [0.05, 0.1) is 12.2 Å². The van der Waals surface area contributed by atoms with Crippen LogP contribution in [0.25, 0.3) is 0 Å². The molecular weight excluding hydrogens is 405 g/mol. The molecule has 0 aliphatic rings. The fourth-order valence-corrected chi connectivity index (χ4v) is 1.92. The lowest BCUT2D eigenvalue weighted by molar-refractivity contribution is 0.1000. The second kappa shape index (κ2) is 9.78. The van der Waals surface area contributed by atoms with Crippen molar-refractivity contribution in [1.29, 1.82) is 0 Å². The number of halogens is 1. The van der Waals surface area contributed by atoms with Gasteiger partial charge in [-0.25, -0.2) is 0 Å². The quantitative estimate of drug-likeness (QED) is 0.386. The maximum Gasteiger partial charge on any atom is 0.248 e. The van der Waals surface area contributed by atoms with Gasteiger partial charge in [-0.2, -0.15) is 0 Å². The van der Waals surface area contributed by atoms with Gasteiger partial charge in [0.25, 0.3) is 0 Å². The van der Waals surface area contributed by atoms with Crippen molar-refractivity contribution >= 4 is 35.8 Å². The van der Waals surface area contributed by atoms with Gasteiger partial charge >= 0.3 is 0 Å². The first-order valence-electron chi connectivity index (χ1n) is 6.92. The normalized spacial score (nSPS) is 10.6. The number of hydrogen-bond donors (Lipinski definition) is 3. The van der Waals surface area contributed by atoms with Crippen molar-refractivity contribution in [3.05, 3.63) is 65.5 Å². The van der Waals surface area contributed by atoms with Crippen molar-refractivity contribution in [2.75, 3.05) is 7.05 Å². The molecule has 7 heteroatoms. The minimum atomic E-state index is -0.431. The van der Waals surface area contributed by atoms with Gasteiger partial charge in [-0.3, -0.25) is 14.8 Å². The zero-order chi connectivity index (χ0) is 15.8. The lowest BCUT2D eigenvalue weighted by Crippen LogP contribution is -2.36. The second-order valence-corrected chi connectivity index (χ2v) is 4.67. The summed E-state index contributed by atoms with van der Waals surface area (Å²) < 4.78 is 0. The molecule has 1 aromatic carbocycles. The Bertz CT molecular complexity index is 661. The number of nitrogens with zero attached hydrogens (tertiary/aromatic N) is 2. The number of guanidine groups is 1. The number of amides is 1. The van der Waals surface area contributed by atoms with E-state index >= 15 is 0 Å². The number of primary amides is 1. The van der Waals surface area contributed by atoms with Crippen molar-refractivity contribution in [3.8, 4) is 0 Å². The molecule has 0 saturated heterocycles. The van der Waals surface area contributed by atoms with Gasteiger partial charge in [0.15, 0.2) is 5.96 Å². The van der Waals surface area contributed by atoms with Crippen LogP contribution in [-0.4, -0.2) is 23.9 Å². The van der Waals surface area contributed by atoms with Crippen LogP contribution in [0, 0.1) is 0 Å². The highest BCUT2D eigenvalue weighted by Crippen LogP contribution is 2.04. The van der Waals surface area contributed by atoms with Crippen molar-refractivity contribution in [1.82, 2.24) is 15.6 Å². The number of nitrogens with one attached hydrogen (secondary N) is 2. The smallest absolute Gasteiger partial charge is 0.248 e. The van der Waals surface area contributed by atoms with Crippen molar-refractivity contribution < 1.29 is 4.79 Å². The molecule has 0 atom stereocenters. The van der Waals surface area contributed by atoms with Crippen LogP contribution in [0.1, 0.15) is 21.6 Å². The summed E-state index contributed by atoms with van der Waals surface area (Å²) in [6.07, 6.45) is 1.75. The van der Waals surface area contributed by atoms with Crippen LogP contribution < -0.4 is 16.4 Å². The standard InChI is InChI=1S/C16H19N5O.HI/c1-18-16(21-11-14-7-2-3-8-19-14)20-10-12-5-4-6-13(9-12)15(17)22;/h2-9H,10-11H2,1H3,(H2,17,22)(H2,18,20,21);1H. The van der Waals surface area contributed by atoms with E-state index in [1.165, 1.54) is 0 Å². The van der Waals surface area contributed by atoms with Crippen molar-refractivity contribution in [3.63, 3.8) is 0 Å². The highest BCUT2D eigenvalue weighted by atomic mass is 127. The van der Waals surface area contributed by atoms with Crippen LogP contribution in [0.15, 0.2) is 53.7 Å². The number of carbonyl (C=O) groups is 1. The number of carbonyl (C=O) groups excluding carboxylic acids is 1. The maximum absolute atomic E-state index is 11.2. The third kappa shape index (κ3) is 6.23. The van der Waals surface area contributed by atoms with E-state index in [4.69, 9.17) is 5.73 Å². The molecule has 6 nitrogen and oxygen atoms in total. The Morgan fingerprint density at radius 3 is 2.61 bits per heavy atom. The molecule has 0 spiro atoms. The molecular formula is C16H20IN5O. The molecule has 0 saturated carbocycles. The number of rotatable bonds is 5. The Morgan fingerprint density at radius 1 is 1.17 bits per heavy atom. The van der Waals surface area contributed by atoms with E-state index in [0.717, 1.165) is 11.3 Å². The SMILES string of the molecule is CN=C(NCc1cccc(C(N)=O)c1)NCc1ccccn1.I. The van der Waals surface area contributed by atoms with Gasteiger partial charge in [0.1, 0.15) is 0 Å². The first kappa shape index (κ1) is 18.9. The highest BCUT2D eigenvalue weighted by Gasteiger charge is 2.03.